The summed E-state index contributed by atoms with van der Waals surface area (Å²) in [6, 6.07) is 0. The molecule has 0 radical (unpaired) electrons. The lowest BCUT2D eigenvalue weighted by molar-refractivity contribution is -0.138. The molecule has 0 aliphatic carbocycles. The molecule has 3 fully saturated rings. The molecule has 0 aromatic rings. The highest BCUT2D eigenvalue weighted by molar-refractivity contribution is 5.79. The number of carbonyl (C=O) groups excluding carboxylic acids is 1. The average molecular weight is 339 g/mol. The van der Waals surface area contributed by atoms with E-state index >= 15 is 0 Å². The summed E-state index contributed by atoms with van der Waals surface area (Å²) in [7, 11) is 4.25. The van der Waals surface area contributed by atoms with Gasteiger partial charge >= 0.3 is 0 Å². The highest BCUT2D eigenvalue weighted by Gasteiger charge is 2.40. The van der Waals surface area contributed by atoms with Gasteiger partial charge in [-0.3, -0.25) is 9.69 Å². The maximum Gasteiger partial charge on any atom is 0.228 e. The van der Waals surface area contributed by atoms with Gasteiger partial charge in [-0.15, -0.1) is 0 Å². The number of piperidine rings is 1. The number of carbonyl (C=O) groups is 1. The van der Waals surface area contributed by atoms with Crippen LogP contribution in [0.5, 0.6) is 0 Å². The Morgan fingerprint density at radius 2 is 1.96 bits per heavy atom. The van der Waals surface area contributed by atoms with Gasteiger partial charge in [-0.05, 0) is 33.4 Å². The number of hydrogen-bond acceptors (Lipinski definition) is 5. The van der Waals surface area contributed by atoms with E-state index in [1.165, 1.54) is 0 Å². The Hall–Kier alpha value is -0.690. The molecule has 1 unspecified atom stereocenters. The summed E-state index contributed by atoms with van der Waals surface area (Å²) < 4.78 is 11.3. The van der Waals surface area contributed by atoms with Gasteiger partial charge in [-0.2, -0.15) is 0 Å². The minimum Gasteiger partial charge on any atom is -0.381 e. The molecule has 3 aliphatic rings. The maximum atomic E-state index is 12.6. The second-order valence-corrected chi connectivity index (χ2v) is 8.02. The molecule has 0 aromatic heterocycles. The number of ether oxygens (including phenoxy) is 2. The molecule has 3 aliphatic heterocycles. The topological polar surface area (TPSA) is 45.2 Å². The second-order valence-electron chi connectivity index (χ2n) is 8.02. The summed E-state index contributed by atoms with van der Waals surface area (Å²) in [6.07, 6.45) is 3.01. The lowest BCUT2D eigenvalue weighted by Gasteiger charge is -2.43. The molecule has 6 heteroatoms. The van der Waals surface area contributed by atoms with Crippen LogP contribution in [0.25, 0.3) is 0 Å². The Morgan fingerprint density at radius 3 is 2.62 bits per heavy atom. The molecule has 1 atom stereocenters. The van der Waals surface area contributed by atoms with E-state index in [-0.39, 0.29) is 11.3 Å². The number of likely N-dealkylation sites (N-methyl/N-ethyl adjacent to an activating group) is 1. The van der Waals surface area contributed by atoms with E-state index in [9.17, 15) is 4.79 Å². The zero-order chi connectivity index (χ0) is 17.0. The predicted octanol–water partition coefficient (Wildman–Crippen LogP) is 0.526. The Balaban J connectivity index is 1.53. The van der Waals surface area contributed by atoms with Crippen LogP contribution in [0.3, 0.4) is 0 Å². The Kier molecular flexibility index (Phi) is 6.13. The Morgan fingerprint density at radius 1 is 1.17 bits per heavy atom. The lowest BCUT2D eigenvalue weighted by atomic mass is 9.78. The van der Waals surface area contributed by atoms with Crippen LogP contribution in [-0.4, -0.2) is 100 Å². The number of hydrogen-bond donors (Lipinski definition) is 0. The zero-order valence-electron chi connectivity index (χ0n) is 15.3. The van der Waals surface area contributed by atoms with Gasteiger partial charge in [0.05, 0.1) is 25.7 Å². The van der Waals surface area contributed by atoms with Gasteiger partial charge in [-0.1, -0.05) is 0 Å². The molecule has 3 heterocycles. The van der Waals surface area contributed by atoms with Gasteiger partial charge in [0.1, 0.15) is 0 Å². The largest absolute Gasteiger partial charge is 0.381 e. The number of rotatable bonds is 4. The Labute approximate surface area is 146 Å². The fourth-order valence-corrected chi connectivity index (χ4v) is 4.11. The fourth-order valence-electron chi connectivity index (χ4n) is 4.11. The first-order valence-electron chi connectivity index (χ1n) is 9.39. The first-order valence-corrected chi connectivity index (χ1v) is 9.39. The van der Waals surface area contributed by atoms with E-state index < -0.39 is 0 Å². The van der Waals surface area contributed by atoms with Crippen molar-refractivity contribution < 1.29 is 14.3 Å². The smallest absolute Gasteiger partial charge is 0.228 e. The fraction of sp³-hybridized carbons (Fsp3) is 0.944. The molecule has 24 heavy (non-hydrogen) atoms. The third kappa shape index (κ3) is 4.48. The van der Waals surface area contributed by atoms with Crippen LogP contribution in [-0.2, 0) is 14.3 Å². The molecular weight excluding hydrogens is 306 g/mol. The molecule has 3 saturated heterocycles. The summed E-state index contributed by atoms with van der Waals surface area (Å²) in [4.78, 5) is 19.4. The zero-order valence-corrected chi connectivity index (χ0v) is 15.3. The molecule has 138 valence electrons. The Bertz CT molecular complexity index is 416. The van der Waals surface area contributed by atoms with Crippen molar-refractivity contribution in [3.05, 3.63) is 0 Å². The summed E-state index contributed by atoms with van der Waals surface area (Å²) in [6.45, 7) is 9.10. The van der Waals surface area contributed by atoms with Gasteiger partial charge in [-0.25, -0.2) is 0 Å². The van der Waals surface area contributed by atoms with Gasteiger partial charge in [0.25, 0.3) is 0 Å². The minimum atomic E-state index is 0.0982. The van der Waals surface area contributed by atoms with Crippen molar-refractivity contribution in [2.24, 2.45) is 11.3 Å². The summed E-state index contributed by atoms with van der Waals surface area (Å²) >= 11 is 0. The van der Waals surface area contributed by atoms with Crippen molar-refractivity contribution in [2.75, 3.05) is 79.8 Å². The third-order valence-electron chi connectivity index (χ3n) is 5.80. The second kappa shape index (κ2) is 8.13. The highest BCUT2D eigenvalue weighted by Crippen LogP contribution is 2.35. The van der Waals surface area contributed by atoms with Gasteiger partial charge in [0.15, 0.2) is 0 Å². The molecule has 0 saturated carbocycles. The van der Waals surface area contributed by atoms with Gasteiger partial charge in [0.2, 0.25) is 5.91 Å². The highest BCUT2D eigenvalue weighted by atomic mass is 16.5. The maximum absolute atomic E-state index is 12.6. The molecule has 0 bridgehead atoms. The van der Waals surface area contributed by atoms with Crippen molar-refractivity contribution in [3.63, 3.8) is 0 Å². The molecule has 3 rings (SSSR count). The van der Waals surface area contributed by atoms with Gasteiger partial charge < -0.3 is 19.3 Å². The van der Waals surface area contributed by atoms with Crippen LogP contribution in [0.15, 0.2) is 0 Å². The molecule has 1 amide bonds. The van der Waals surface area contributed by atoms with E-state index in [2.05, 4.69) is 28.8 Å². The monoisotopic (exact) mass is 339 g/mol. The van der Waals surface area contributed by atoms with Crippen LogP contribution >= 0.6 is 0 Å². The molecule has 0 aromatic carbocycles. The van der Waals surface area contributed by atoms with Crippen LogP contribution < -0.4 is 0 Å². The SMILES string of the molecule is CN(C)CCN1CCOCC2(CCN(C(=O)C3CCOC3)CC2)C1. The van der Waals surface area contributed by atoms with Crippen LogP contribution in [0, 0.1) is 11.3 Å². The van der Waals surface area contributed by atoms with E-state index in [0.717, 1.165) is 78.4 Å². The standard InChI is InChI=1S/C18H33N3O3/c1-19(2)8-9-20-10-12-24-15-18(14-20)4-6-21(7-5-18)17(22)16-3-11-23-13-16/h16H,3-15H2,1-2H3. The predicted molar refractivity (Wildman–Crippen MR) is 93.0 cm³/mol. The van der Waals surface area contributed by atoms with E-state index in [4.69, 9.17) is 9.47 Å². The first-order chi connectivity index (χ1) is 11.6. The molecule has 0 N–H and O–H groups in total. The van der Waals surface area contributed by atoms with Crippen LogP contribution in [0.4, 0.5) is 0 Å². The van der Waals surface area contributed by atoms with E-state index in [0.29, 0.717) is 12.5 Å². The van der Waals surface area contributed by atoms with Crippen molar-refractivity contribution in [3.8, 4) is 0 Å². The quantitative estimate of drug-likeness (QED) is 0.747. The molecule has 1 spiro atoms. The summed E-state index contributed by atoms with van der Waals surface area (Å²) in [5, 5.41) is 0. The van der Waals surface area contributed by atoms with E-state index in [1.54, 1.807) is 0 Å². The van der Waals surface area contributed by atoms with Crippen molar-refractivity contribution >= 4 is 5.91 Å². The van der Waals surface area contributed by atoms with Crippen molar-refractivity contribution in [2.45, 2.75) is 19.3 Å². The molecule has 6 nitrogen and oxygen atoms in total. The summed E-state index contributed by atoms with van der Waals surface area (Å²) in [5.41, 5.74) is 0.228. The minimum absolute atomic E-state index is 0.0982. The number of nitrogens with zero attached hydrogens (tertiary/aromatic N) is 3. The third-order valence-corrected chi connectivity index (χ3v) is 5.80. The lowest BCUT2D eigenvalue weighted by Crippen LogP contribution is -2.50. The number of amides is 1. The van der Waals surface area contributed by atoms with Crippen LogP contribution in [0.1, 0.15) is 19.3 Å². The van der Waals surface area contributed by atoms with Gasteiger partial charge in [0, 0.05) is 51.3 Å². The normalized spacial score (nSPS) is 28.5. The van der Waals surface area contributed by atoms with Crippen molar-refractivity contribution in [1.29, 1.82) is 0 Å². The average Bonchev–Trinajstić information content (AvgIpc) is 3.04. The van der Waals surface area contributed by atoms with Crippen molar-refractivity contribution in [1.82, 2.24) is 14.7 Å². The number of likely N-dealkylation sites (tertiary alicyclic amines) is 1. The summed E-state index contributed by atoms with van der Waals surface area (Å²) in [5.74, 6) is 0.405. The first kappa shape index (κ1) is 18.1. The van der Waals surface area contributed by atoms with E-state index in [1.807, 2.05) is 0 Å². The van der Waals surface area contributed by atoms with Crippen LogP contribution in [0.2, 0.25) is 0 Å². The molecular formula is C18H33N3O3.